The lowest BCUT2D eigenvalue weighted by Crippen LogP contribution is -2.09. The summed E-state index contributed by atoms with van der Waals surface area (Å²) in [5.74, 6) is 2.00. The molecule has 2 rings (SSSR count). The van der Waals surface area contributed by atoms with E-state index in [2.05, 4.69) is 5.32 Å². The summed E-state index contributed by atoms with van der Waals surface area (Å²) >= 11 is 0. The van der Waals surface area contributed by atoms with E-state index in [1.165, 1.54) is 0 Å². The fourth-order valence-corrected chi connectivity index (χ4v) is 1.95. The second-order valence-electron chi connectivity index (χ2n) is 2.90. The van der Waals surface area contributed by atoms with Crippen molar-refractivity contribution in [3.8, 4) is 0 Å². The Hall–Kier alpha value is -1.53. The van der Waals surface area contributed by atoms with E-state index in [1.54, 1.807) is 0 Å². The summed E-state index contributed by atoms with van der Waals surface area (Å²) in [4.78, 5) is 11.6. The van der Waals surface area contributed by atoms with E-state index in [1.807, 2.05) is 48.3 Å². The number of benzene rings is 1. The maximum absolute atomic E-state index is 11.6. The molecule has 0 spiro atoms. The van der Waals surface area contributed by atoms with Crippen LogP contribution < -0.4 is 5.32 Å². The quantitative estimate of drug-likeness (QED) is 0.798. The Kier molecular flexibility index (Phi) is 2.66. The average Bonchev–Trinajstić information content (AvgIpc) is 2.72. The molecule has 2 aromatic rings. The summed E-state index contributed by atoms with van der Waals surface area (Å²) in [6.07, 6.45) is 0. The van der Waals surface area contributed by atoms with Gasteiger partial charge in [0.1, 0.15) is 0 Å². The van der Waals surface area contributed by atoms with Gasteiger partial charge < -0.3 is 5.32 Å². The van der Waals surface area contributed by atoms with E-state index in [0.29, 0.717) is 8.19 Å². The first kappa shape index (κ1) is 9.04. The molecule has 0 saturated heterocycles. The van der Waals surface area contributed by atoms with Gasteiger partial charge in [-0.2, -0.15) is 0 Å². The van der Waals surface area contributed by atoms with Gasteiger partial charge in [0.2, 0.25) is 0 Å². The minimum Gasteiger partial charge on any atom is -0.322 e. The Morgan fingerprint density at radius 1 is 1.07 bits per heavy atom. The molecule has 0 fully saturated rings. The Morgan fingerprint density at radius 3 is 2.50 bits per heavy atom. The van der Waals surface area contributed by atoms with Gasteiger partial charge in [-0.05, 0) is 24.0 Å². The zero-order valence-corrected chi connectivity index (χ0v) is 8.53. The first-order valence-electron chi connectivity index (χ1n) is 4.36. The minimum atomic E-state index is -0.000432. The van der Waals surface area contributed by atoms with Gasteiger partial charge in [0, 0.05) is 5.69 Å². The summed E-state index contributed by atoms with van der Waals surface area (Å²) < 4.78 is 0. The molecule has 0 radical (unpaired) electrons. The predicted octanol–water partition coefficient (Wildman–Crippen LogP) is 2.97. The number of amides is 1. The molecule has 1 aromatic carbocycles. The summed E-state index contributed by atoms with van der Waals surface area (Å²) in [6, 6.07) is 13.3. The third kappa shape index (κ3) is 2.04. The molecular formula is C11H10NOP. The van der Waals surface area contributed by atoms with Crippen LogP contribution in [0, 0.1) is 0 Å². The van der Waals surface area contributed by atoms with Gasteiger partial charge in [-0.3, -0.25) is 4.79 Å². The van der Waals surface area contributed by atoms with Crippen LogP contribution in [0.3, 0.4) is 0 Å². The lowest BCUT2D eigenvalue weighted by Gasteiger charge is -2.02. The topological polar surface area (TPSA) is 29.1 Å². The zero-order valence-electron chi connectivity index (χ0n) is 7.53. The Morgan fingerprint density at radius 2 is 1.86 bits per heavy atom. The van der Waals surface area contributed by atoms with Gasteiger partial charge in [-0.15, -0.1) is 8.19 Å². The lowest BCUT2D eigenvalue weighted by atomic mass is 10.3. The van der Waals surface area contributed by atoms with Crippen molar-refractivity contribution in [2.45, 2.75) is 0 Å². The number of hydrogen-bond acceptors (Lipinski definition) is 1. The van der Waals surface area contributed by atoms with E-state index in [9.17, 15) is 4.79 Å². The molecule has 1 aromatic heterocycles. The predicted molar refractivity (Wildman–Crippen MR) is 60.3 cm³/mol. The fraction of sp³-hybridized carbons (Fsp3) is 0. The monoisotopic (exact) mass is 203 g/mol. The van der Waals surface area contributed by atoms with Crippen LogP contribution in [-0.4, -0.2) is 5.91 Å². The summed E-state index contributed by atoms with van der Waals surface area (Å²) in [6.45, 7) is 0. The van der Waals surface area contributed by atoms with Crippen LogP contribution in [0.1, 0.15) is 10.1 Å². The molecule has 0 saturated carbocycles. The van der Waals surface area contributed by atoms with Crippen molar-refractivity contribution < 1.29 is 4.79 Å². The number of carbonyl (C=O) groups is 1. The van der Waals surface area contributed by atoms with Crippen molar-refractivity contribution in [3.05, 3.63) is 53.6 Å². The summed E-state index contributed by atoms with van der Waals surface area (Å²) in [5.41, 5.74) is 0.843. The van der Waals surface area contributed by atoms with E-state index < -0.39 is 0 Å². The summed E-state index contributed by atoms with van der Waals surface area (Å²) in [5, 5.41) is 3.69. The van der Waals surface area contributed by atoms with Crippen LogP contribution in [-0.2, 0) is 0 Å². The van der Waals surface area contributed by atoms with Gasteiger partial charge in [0.25, 0.3) is 5.91 Å². The molecular weight excluding hydrogens is 193 g/mol. The normalized spacial score (nSPS) is 10.3. The maximum atomic E-state index is 11.6. The maximum Gasteiger partial charge on any atom is 0.259 e. The Bertz CT molecular complexity index is 408. The van der Waals surface area contributed by atoms with Gasteiger partial charge in [-0.25, -0.2) is 0 Å². The molecule has 1 unspecified atom stereocenters. The van der Waals surface area contributed by atoms with E-state index in [-0.39, 0.29) is 5.91 Å². The molecule has 1 heterocycles. The number of rotatable bonds is 2. The van der Waals surface area contributed by atoms with Gasteiger partial charge in [0.05, 0.1) is 5.30 Å². The van der Waals surface area contributed by atoms with Crippen LogP contribution in [0.15, 0.2) is 48.3 Å². The van der Waals surface area contributed by atoms with Crippen molar-refractivity contribution in [1.29, 1.82) is 0 Å². The average molecular weight is 203 g/mol. The molecule has 14 heavy (non-hydrogen) atoms. The van der Waals surface area contributed by atoms with Crippen LogP contribution in [0.25, 0.3) is 0 Å². The van der Waals surface area contributed by atoms with Crippen LogP contribution in [0.4, 0.5) is 5.69 Å². The molecule has 0 aliphatic rings. The number of para-hydroxylation sites is 1. The van der Waals surface area contributed by atoms with Crippen molar-refractivity contribution in [2.24, 2.45) is 0 Å². The molecule has 3 heteroatoms. The first-order chi connectivity index (χ1) is 6.86. The first-order valence-corrected chi connectivity index (χ1v) is 5.44. The van der Waals surface area contributed by atoms with Gasteiger partial charge >= 0.3 is 0 Å². The zero-order chi connectivity index (χ0) is 9.80. The van der Waals surface area contributed by atoms with E-state index in [0.717, 1.165) is 11.0 Å². The standard InChI is InChI=1S/C11H10NOP/c13-11(10-7-4-8-14-10)12-9-5-2-1-3-6-9/h1-8,14H,(H,12,13). The third-order valence-corrected chi connectivity index (χ3v) is 2.94. The highest BCUT2D eigenvalue weighted by molar-refractivity contribution is 7.31. The molecule has 0 aliphatic carbocycles. The van der Waals surface area contributed by atoms with Gasteiger partial charge in [0.15, 0.2) is 0 Å². The number of anilines is 1. The van der Waals surface area contributed by atoms with Gasteiger partial charge in [-0.1, -0.05) is 24.3 Å². The number of carbonyl (C=O) groups excluding carboxylic acids is 1. The van der Waals surface area contributed by atoms with E-state index in [4.69, 9.17) is 0 Å². The molecule has 1 amide bonds. The van der Waals surface area contributed by atoms with E-state index >= 15 is 0 Å². The Labute approximate surface area is 84.1 Å². The molecule has 1 N–H and O–H groups in total. The fourth-order valence-electron chi connectivity index (χ4n) is 1.19. The SMILES string of the molecule is O=C(Nc1ccccc1)c1ccc[pH]1. The third-order valence-electron chi connectivity index (χ3n) is 1.87. The Balaban J connectivity index is 2.10. The van der Waals surface area contributed by atoms with Crippen molar-refractivity contribution in [2.75, 3.05) is 5.32 Å². The molecule has 1 atom stereocenters. The molecule has 0 bridgehead atoms. The van der Waals surface area contributed by atoms with Crippen LogP contribution >= 0.6 is 8.19 Å². The largest absolute Gasteiger partial charge is 0.322 e. The molecule has 70 valence electrons. The van der Waals surface area contributed by atoms with Crippen molar-refractivity contribution in [3.63, 3.8) is 0 Å². The molecule has 2 nitrogen and oxygen atoms in total. The highest BCUT2D eigenvalue weighted by Crippen LogP contribution is 2.16. The smallest absolute Gasteiger partial charge is 0.259 e. The molecule has 0 aliphatic heterocycles. The van der Waals surface area contributed by atoms with Crippen LogP contribution in [0.2, 0.25) is 0 Å². The highest BCUT2D eigenvalue weighted by Gasteiger charge is 2.04. The highest BCUT2D eigenvalue weighted by atomic mass is 31.0. The lowest BCUT2D eigenvalue weighted by molar-refractivity contribution is 0.103. The summed E-state index contributed by atoms with van der Waals surface area (Å²) in [7, 11) is 0.500. The number of hydrogen-bond donors (Lipinski definition) is 1. The van der Waals surface area contributed by atoms with Crippen LogP contribution in [0.5, 0.6) is 0 Å². The minimum absolute atomic E-state index is 0.000432. The number of nitrogens with one attached hydrogen (secondary N) is 1. The van der Waals surface area contributed by atoms with Crippen molar-refractivity contribution in [1.82, 2.24) is 0 Å². The second-order valence-corrected chi connectivity index (χ2v) is 4.06. The second kappa shape index (κ2) is 4.12. The van der Waals surface area contributed by atoms with Crippen molar-refractivity contribution >= 4 is 19.8 Å².